The number of fused-ring (bicyclic) bond motifs is 1. The Hall–Kier alpha value is -1.02. The molecule has 2 aliphatic rings. The first-order valence-corrected chi connectivity index (χ1v) is 7.78. The van der Waals surface area contributed by atoms with Gasteiger partial charge in [0.05, 0.1) is 6.61 Å². The Balaban J connectivity index is 1.56. The van der Waals surface area contributed by atoms with Crippen LogP contribution in [0, 0.1) is 11.8 Å². The van der Waals surface area contributed by atoms with Gasteiger partial charge >= 0.3 is 0 Å². The number of nitrogens with one attached hydrogen (secondary N) is 1. The molecule has 0 saturated heterocycles. The van der Waals surface area contributed by atoms with Crippen LogP contribution in [-0.2, 0) is 0 Å². The van der Waals surface area contributed by atoms with Crippen molar-refractivity contribution in [3.05, 3.63) is 29.8 Å². The van der Waals surface area contributed by atoms with Gasteiger partial charge in [-0.15, -0.1) is 0 Å². The van der Waals surface area contributed by atoms with Crippen molar-refractivity contribution in [2.24, 2.45) is 11.8 Å². The van der Waals surface area contributed by atoms with Gasteiger partial charge < -0.3 is 10.1 Å². The number of benzene rings is 1. The molecule has 104 valence electrons. The zero-order valence-electron chi connectivity index (χ0n) is 11.9. The highest BCUT2D eigenvalue weighted by molar-refractivity contribution is 5.37. The Morgan fingerprint density at radius 3 is 2.74 bits per heavy atom. The van der Waals surface area contributed by atoms with Crippen LogP contribution in [0.2, 0.25) is 0 Å². The topological polar surface area (TPSA) is 21.3 Å². The second-order valence-electron chi connectivity index (χ2n) is 6.26. The van der Waals surface area contributed by atoms with Gasteiger partial charge in [-0.05, 0) is 37.3 Å². The van der Waals surface area contributed by atoms with Crippen LogP contribution in [-0.4, -0.2) is 13.2 Å². The lowest BCUT2D eigenvalue weighted by molar-refractivity contribution is 0.233. The Morgan fingerprint density at radius 1 is 1.11 bits per heavy atom. The first-order valence-electron chi connectivity index (χ1n) is 7.78. The zero-order chi connectivity index (χ0) is 13.1. The lowest BCUT2D eigenvalue weighted by Crippen LogP contribution is -2.32. The Bertz CT molecular complexity index is 409. The highest BCUT2D eigenvalue weighted by Gasteiger charge is 2.23. The summed E-state index contributed by atoms with van der Waals surface area (Å²) in [7, 11) is 0. The van der Waals surface area contributed by atoms with Crippen LogP contribution in [0.4, 0.5) is 0 Å². The summed E-state index contributed by atoms with van der Waals surface area (Å²) in [5.74, 6) is 2.90. The maximum Gasteiger partial charge on any atom is 0.124 e. The molecule has 1 fully saturated rings. The molecule has 2 nitrogen and oxygen atoms in total. The lowest BCUT2D eigenvalue weighted by atomic mass is 9.83. The van der Waals surface area contributed by atoms with Gasteiger partial charge in [-0.25, -0.2) is 0 Å². The molecule has 1 aliphatic heterocycles. The molecule has 1 aromatic carbocycles. The van der Waals surface area contributed by atoms with Crippen molar-refractivity contribution in [2.75, 3.05) is 13.2 Å². The van der Waals surface area contributed by atoms with E-state index in [2.05, 4.69) is 36.5 Å². The molecule has 0 radical (unpaired) electrons. The number of para-hydroxylation sites is 1. The predicted octanol–water partition coefficient (Wildman–Crippen LogP) is 3.93. The van der Waals surface area contributed by atoms with E-state index in [1.165, 1.54) is 37.8 Å². The fourth-order valence-corrected chi connectivity index (χ4v) is 3.40. The van der Waals surface area contributed by atoms with Gasteiger partial charge in [-0.1, -0.05) is 38.0 Å². The minimum absolute atomic E-state index is 0.490. The molecule has 19 heavy (non-hydrogen) atoms. The molecule has 1 saturated carbocycles. The summed E-state index contributed by atoms with van der Waals surface area (Å²) in [5.41, 5.74) is 1.35. The van der Waals surface area contributed by atoms with Crippen molar-refractivity contribution in [3.8, 4) is 5.75 Å². The van der Waals surface area contributed by atoms with E-state index < -0.39 is 0 Å². The molecule has 0 spiro atoms. The average molecular weight is 259 g/mol. The summed E-state index contributed by atoms with van der Waals surface area (Å²) in [6.07, 6.45) is 6.73. The number of rotatable bonds is 3. The highest BCUT2D eigenvalue weighted by atomic mass is 16.5. The van der Waals surface area contributed by atoms with E-state index in [1.807, 2.05) is 0 Å². The molecule has 3 rings (SSSR count). The molecule has 2 heteroatoms. The molecule has 1 N–H and O–H groups in total. The van der Waals surface area contributed by atoms with Crippen LogP contribution in [0.1, 0.15) is 50.6 Å². The highest BCUT2D eigenvalue weighted by Crippen LogP contribution is 2.33. The minimum atomic E-state index is 0.490. The van der Waals surface area contributed by atoms with E-state index in [0.717, 1.165) is 30.6 Å². The summed E-state index contributed by atoms with van der Waals surface area (Å²) < 4.78 is 5.72. The third kappa shape index (κ3) is 3.11. The molecule has 1 atom stereocenters. The Morgan fingerprint density at radius 2 is 1.89 bits per heavy atom. The van der Waals surface area contributed by atoms with Crippen LogP contribution >= 0.6 is 0 Å². The van der Waals surface area contributed by atoms with Crippen molar-refractivity contribution in [2.45, 2.75) is 45.1 Å². The third-order valence-corrected chi connectivity index (χ3v) is 4.75. The molecule has 1 aromatic rings. The van der Waals surface area contributed by atoms with E-state index in [-0.39, 0.29) is 0 Å². The van der Waals surface area contributed by atoms with Crippen molar-refractivity contribution < 1.29 is 4.74 Å². The SMILES string of the molecule is CC1CCC(CNC2CCOc3ccccc32)CC1. The van der Waals surface area contributed by atoms with Crippen molar-refractivity contribution in [1.82, 2.24) is 5.32 Å². The number of hydrogen-bond acceptors (Lipinski definition) is 2. The molecule has 0 bridgehead atoms. The van der Waals surface area contributed by atoms with Gasteiger partial charge in [-0.2, -0.15) is 0 Å². The molecular weight excluding hydrogens is 234 g/mol. The monoisotopic (exact) mass is 259 g/mol. The van der Waals surface area contributed by atoms with E-state index in [4.69, 9.17) is 4.74 Å². The largest absolute Gasteiger partial charge is 0.493 e. The molecule has 1 heterocycles. The molecule has 0 aromatic heterocycles. The first kappa shape index (κ1) is 13.0. The van der Waals surface area contributed by atoms with Gasteiger partial charge in [0.25, 0.3) is 0 Å². The second kappa shape index (κ2) is 5.96. The summed E-state index contributed by atoms with van der Waals surface area (Å²) in [6.45, 7) is 4.40. The minimum Gasteiger partial charge on any atom is -0.493 e. The van der Waals surface area contributed by atoms with Gasteiger partial charge in [0.2, 0.25) is 0 Å². The fourth-order valence-electron chi connectivity index (χ4n) is 3.40. The van der Waals surface area contributed by atoms with Crippen molar-refractivity contribution in [3.63, 3.8) is 0 Å². The van der Waals surface area contributed by atoms with Gasteiger partial charge in [-0.3, -0.25) is 0 Å². The second-order valence-corrected chi connectivity index (χ2v) is 6.26. The van der Waals surface area contributed by atoms with Crippen molar-refractivity contribution >= 4 is 0 Å². The number of hydrogen-bond donors (Lipinski definition) is 1. The van der Waals surface area contributed by atoms with Gasteiger partial charge in [0.1, 0.15) is 5.75 Å². The fraction of sp³-hybridized carbons (Fsp3) is 0.647. The van der Waals surface area contributed by atoms with Gasteiger partial charge in [0.15, 0.2) is 0 Å². The van der Waals surface area contributed by atoms with Crippen LogP contribution in [0.5, 0.6) is 5.75 Å². The quantitative estimate of drug-likeness (QED) is 0.888. The normalized spacial score (nSPS) is 30.5. The zero-order valence-corrected chi connectivity index (χ0v) is 11.9. The number of ether oxygens (including phenoxy) is 1. The Kier molecular flexibility index (Phi) is 4.07. The van der Waals surface area contributed by atoms with E-state index in [9.17, 15) is 0 Å². The lowest BCUT2D eigenvalue weighted by Gasteiger charge is -2.31. The Labute approximate surface area is 116 Å². The smallest absolute Gasteiger partial charge is 0.124 e. The predicted molar refractivity (Wildman–Crippen MR) is 78.4 cm³/mol. The van der Waals surface area contributed by atoms with Crippen LogP contribution < -0.4 is 10.1 Å². The van der Waals surface area contributed by atoms with Crippen LogP contribution in [0.3, 0.4) is 0 Å². The summed E-state index contributed by atoms with van der Waals surface area (Å²) in [5, 5.41) is 3.78. The van der Waals surface area contributed by atoms with E-state index in [0.29, 0.717) is 6.04 Å². The van der Waals surface area contributed by atoms with Crippen LogP contribution in [0.25, 0.3) is 0 Å². The first-order chi connectivity index (χ1) is 9.33. The maximum atomic E-state index is 5.72. The summed E-state index contributed by atoms with van der Waals surface area (Å²) in [4.78, 5) is 0. The van der Waals surface area contributed by atoms with Crippen molar-refractivity contribution in [1.29, 1.82) is 0 Å². The molecular formula is C17H25NO. The van der Waals surface area contributed by atoms with Crippen LogP contribution in [0.15, 0.2) is 24.3 Å². The third-order valence-electron chi connectivity index (χ3n) is 4.75. The summed E-state index contributed by atoms with van der Waals surface area (Å²) in [6, 6.07) is 8.96. The standard InChI is InChI=1S/C17H25NO/c1-13-6-8-14(9-7-13)12-18-16-10-11-19-17-5-3-2-4-15(16)17/h2-5,13-14,16,18H,6-12H2,1H3. The molecule has 1 aliphatic carbocycles. The summed E-state index contributed by atoms with van der Waals surface area (Å²) >= 11 is 0. The maximum absolute atomic E-state index is 5.72. The average Bonchev–Trinajstić information content (AvgIpc) is 2.47. The van der Waals surface area contributed by atoms with E-state index in [1.54, 1.807) is 0 Å². The molecule has 0 amide bonds. The van der Waals surface area contributed by atoms with E-state index >= 15 is 0 Å². The van der Waals surface area contributed by atoms with Gasteiger partial charge in [0, 0.05) is 18.0 Å². The molecule has 1 unspecified atom stereocenters.